The van der Waals surface area contributed by atoms with Crippen LogP contribution in [0, 0.1) is 0 Å². The maximum absolute atomic E-state index is 12.1. The summed E-state index contributed by atoms with van der Waals surface area (Å²) in [5, 5.41) is 9.37. The predicted octanol–water partition coefficient (Wildman–Crippen LogP) is 10.0. The van der Waals surface area contributed by atoms with Crippen LogP contribution < -0.4 is 0 Å². The van der Waals surface area contributed by atoms with Crippen molar-refractivity contribution in [2.75, 3.05) is 32.8 Å². The van der Waals surface area contributed by atoms with Crippen molar-refractivity contribution in [2.45, 2.75) is 181 Å². The van der Waals surface area contributed by atoms with Gasteiger partial charge in [0.1, 0.15) is 6.61 Å². The maximum Gasteiger partial charge on any atom is 0.305 e. The maximum atomic E-state index is 12.1. The Balaban J connectivity index is 3.50. The molecule has 0 aromatic carbocycles. The Kier molecular flexibility index (Phi) is 32.1. The van der Waals surface area contributed by atoms with Crippen molar-refractivity contribution in [3.63, 3.8) is 0 Å². The number of hydrogen-bond acceptors (Lipinski definition) is 4. The fourth-order valence-corrected chi connectivity index (χ4v) is 5.30. The minimum absolute atomic E-state index is 0.0533. The molecule has 0 atom stereocenters. The van der Waals surface area contributed by atoms with Gasteiger partial charge in [-0.15, -0.1) is 0 Å². The lowest BCUT2D eigenvalue weighted by Crippen LogP contribution is -2.32. The molecule has 0 aliphatic heterocycles. The summed E-state index contributed by atoms with van der Waals surface area (Å²) in [6.07, 6.45) is 34.0. The van der Waals surface area contributed by atoms with Crippen LogP contribution in [0.5, 0.6) is 0 Å². The second-order valence-corrected chi connectivity index (χ2v) is 11.7. The summed E-state index contributed by atoms with van der Waals surface area (Å²) >= 11 is 0. The summed E-state index contributed by atoms with van der Waals surface area (Å²) in [7, 11) is 0. The van der Waals surface area contributed by atoms with E-state index in [0.717, 1.165) is 25.9 Å². The number of hydrogen-bond donors (Lipinski definition) is 1. The summed E-state index contributed by atoms with van der Waals surface area (Å²) in [6, 6.07) is 0. The summed E-state index contributed by atoms with van der Waals surface area (Å²) in [5.74, 6) is -0.0533. The highest BCUT2D eigenvalue weighted by Gasteiger charge is 2.07. The molecule has 38 heavy (non-hydrogen) atoms. The Labute approximate surface area is 239 Å². The molecule has 0 unspecified atom stereocenters. The molecule has 0 heterocycles. The lowest BCUT2D eigenvalue weighted by molar-refractivity contribution is -0.144. The number of aliphatic hydroxyl groups excluding tert-OH is 1. The first-order chi connectivity index (χ1) is 18.7. The molecule has 1 N–H and O–H groups in total. The van der Waals surface area contributed by atoms with Crippen molar-refractivity contribution >= 4 is 5.97 Å². The van der Waals surface area contributed by atoms with Crippen molar-refractivity contribution in [3.05, 3.63) is 0 Å². The molecule has 4 nitrogen and oxygen atoms in total. The van der Waals surface area contributed by atoms with Gasteiger partial charge in [0.05, 0.1) is 6.61 Å². The molecule has 0 aliphatic carbocycles. The van der Waals surface area contributed by atoms with E-state index in [4.69, 9.17) is 4.74 Å². The fraction of sp³-hybridized carbons (Fsp3) is 0.971. The van der Waals surface area contributed by atoms with Crippen LogP contribution >= 0.6 is 0 Å². The summed E-state index contributed by atoms with van der Waals surface area (Å²) in [5.41, 5.74) is 0. The lowest BCUT2D eigenvalue weighted by Gasteiger charge is -2.21. The fourth-order valence-electron chi connectivity index (χ4n) is 5.30. The van der Waals surface area contributed by atoms with Gasteiger partial charge in [-0.25, -0.2) is 0 Å². The van der Waals surface area contributed by atoms with Crippen LogP contribution in [-0.2, 0) is 9.53 Å². The van der Waals surface area contributed by atoms with E-state index in [9.17, 15) is 9.90 Å². The van der Waals surface area contributed by atoms with E-state index in [1.807, 2.05) is 0 Å². The Bertz CT molecular complexity index is 457. The minimum Gasteiger partial charge on any atom is -0.464 e. The number of esters is 1. The molecule has 0 spiro atoms. The molecule has 228 valence electrons. The lowest BCUT2D eigenvalue weighted by atomic mass is 10.0. The molecule has 4 heteroatoms. The highest BCUT2D eigenvalue weighted by Crippen LogP contribution is 2.14. The molecule has 0 aliphatic rings. The Morgan fingerprint density at radius 1 is 0.500 bits per heavy atom. The molecular weight excluding hydrogens is 470 g/mol. The van der Waals surface area contributed by atoms with Crippen molar-refractivity contribution in [1.29, 1.82) is 0 Å². The van der Waals surface area contributed by atoms with E-state index in [2.05, 4.69) is 18.7 Å². The van der Waals surface area contributed by atoms with Crippen molar-refractivity contribution in [3.8, 4) is 0 Å². The van der Waals surface area contributed by atoms with Gasteiger partial charge in [0, 0.05) is 19.5 Å². The molecule has 0 amide bonds. The first kappa shape index (κ1) is 37.4. The zero-order chi connectivity index (χ0) is 27.8. The smallest absolute Gasteiger partial charge is 0.305 e. The van der Waals surface area contributed by atoms with Gasteiger partial charge in [-0.3, -0.25) is 9.69 Å². The van der Waals surface area contributed by atoms with E-state index in [-0.39, 0.29) is 12.6 Å². The summed E-state index contributed by atoms with van der Waals surface area (Å²) in [6.45, 7) is 7.59. The second kappa shape index (κ2) is 32.6. The number of unbranched alkanes of at least 4 members (excludes halogenated alkanes) is 23. The highest BCUT2D eigenvalue weighted by atomic mass is 16.5. The molecule has 0 fully saturated rings. The van der Waals surface area contributed by atoms with Gasteiger partial charge < -0.3 is 9.84 Å². The van der Waals surface area contributed by atoms with Gasteiger partial charge in [0.2, 0.25) is 0 Å². The molecular formula is C34H69NO3. The largest absolute Gasteiger partial charge is 0.464 e. The number of rotatable bonds is 32. The Morgan fingerprint density at radius 3 is 1.26 bits per heavy atom. The van der Waals surface area contributed by atoms with E-state index >= 15 is 0 Å². The van der Waals surface area contributed by atoms with Crippen LogP contribution in [-0.4, -0.2) is 48.8 Å². The van der Waals surface area contributed by atoms with Crippen molar-refractivity contribution in [2.24, 2.45) is 0 Å². The number of carbonyl (C=O) groups excluding carboxylic acids is 1. The predicted molar refractivity (Wildman–Crippen MR) is 166 cm³/mol. The topological polar surface area (TPSA) is 49.8 Å². The molecule has 0 aromatic heterocycles. The number of ether oxygens (including phenoxy) is 1. The van der Waals surface area contributed by atoms with Gasteiger partial charge in [-0.2, -0.15) is 0 Å². The third-order valence-corrected chi connectivity index (χ3v) is 7.90. The molecule has 0 radical (unpaired) electrons. The first-order valence-electron chi connectivity index (χ1n) is 17.2. The quantitative estimate of drug-likeness (QED) is 0.0682. The standard InChI is InChI=1S/C34H69NO3/c1-3-5-7-9-11-13-15-17-18-20-22-24-26-28-34(37)38-33-31-35(30-32-36)29-27-25-23-21-19-16-14-12-10-8-6-4-2/h36H,3-33H2,1-2H3. The van der Waals surface area contributed by atoms with Gasteiger partial charge >= 0.3 is 5.97 Å². The highest BCUT2D eigenvalue weighted by molar-refractivity contribution is 5.69. The van der Waals surface area contributed by atoms with E-state index in [1.165, 1.54) is 148 Å². The third-order valence-electron chi connectivity index (χ3n) is 7.90. The van der Waals surface area contributed by atoms with Gasteiger partial charge in [-0.05, 0) is 19.4 Å². The van der Waals surface area contributed by atoms with Crippen LogP contribution in [0.1, 0.15) is 181 Å². The summed E-state index contributed by atoms with van der Waals surface area (Å²) < 4.78 is 5.48. The molecule has 0 aromatic rings. The van der Waals surface area contributed by atoms with Gasteiger partial charge in [0.25, 0.3) is 0 Å². The number of nitrogens with zero attached hydrogens (tertiary/aromatic N) is 1. The van der Waals surface area contributed by atoms with E-state index in [1.54, 1.807) is 0 Å². The normalized spacial score (nSPS) is 11.5. The Hall–Kier alpha value is -0.610. The second-order valence-electron chi connectivity index (χ2n) is 11.7. The minimum atomic E-state index is -0.0533. The zero-order valence-electron chi connectivity index (χ0n) is 26.1. The van der Waals surface area contributed by atoms with Gasteiger partial charge in [0.15, 0.2) is 0 Å². The van der Waals surface area contributed by atoms with Crippen molar-refractivity contribution < 1.29 is 14.6 Å². The molecule has 0 saturated heterocycles. The number of aliphatic hydroxyl groups is 1. The first-order valence-corrected chi connectivity index (χ1v) is 17.2. The zero-order valence-corrected chi connectivity index (χ0v) is 26.1. The Morgan fingerprint density at radius 2 is 0.868 bits per heavy atom. The van der Waals surface area contributed by atoms with Crippen LogP contribution in [0.15, 0.2) is 0 Å². The molecule has 0 saturated carbocycles. The van der Waals surface area contributed by atoms with E-state index < -0.39 is 0 Å². The monoisotopic (exact) mass is 540 g/mol. The average molecular weight is 540 g/mol. The van der Waals surface area contributed by atoms with E-state index in [0.29, 0.717) is 19.6 Å². The van der Waals surface area contributed by atoms with Gasteiger partial charge in [-0.1, -0.05) is 162 Å². The molecule has 0 bridgehead atoms. The average Bonchev–Trinajstić information content (AvgIpc) is 2.91. The number of carbonyl (C=O) groups is 1. The van der Waals surface area contributed by atoms with Crippen LogP contribution in [0.25, 0.3) is 0 Å². The van der Waals surface area contributed by atoms with Crippen molar-refractivity contribution in [1.82, 2.24) is 4.90 Å². The van der Waals surface area contributed by atoms with Crippen LogP contribution in [0.3, 0.4) is 0 Å². The third kappa shape index (κ3) is 29.9. The molecule has 0 rings (SSSR count). The van der Waals surface area contributed by atoms with Crippen LogP contribution in [0.4, 0.5) is 0 Å². The summed E-state index contributed by atoms with van der Waals surface area (Å²) in [4.78, 5) is 14.3. The SMILES string of the molecule is CCCCCCCCCCCCCCCC(=O)OCCN(CCO)CCCCCCCCCCCCCC. The van der Waals surface area contributed by atoms with Crippen LogP contribution in [0.2, 0.25) is 0 Å².